The third kappa shape index (κ3) is 10.2. The minimum atomic E-state index is -0.555. The van der Waals surface area contributed by atoms with Crippen LogP contribution in [0.2, 0.25) is 10.0 Å². The van der Waals surface area contributed by atoms with Crippen LogP contribution in [0.5, 0.6) is 17.2 Å². The Morgan fingerprint density at radius 1 is 1.09 bits per heavy atom. The Morgan fingerprint density at radius 3 is 2.37 bits per heavy atom. The summed E-state index contributed by atoms with van der Waals surface area (Å²) >= 11 is 19.4. The third-order valence-electron chi connectivity index (χ3n) is 4.96. The van der Waals surface area contributed by atoms with Gasteiger partial charge in [-0.1, -0.05) is 23.2 Å². The number of anilines is 1. The first kappa shape index (κ1) is 30.3. The van der Waals surface area contributed by atoms with Crippen LogP contribution in [0.1, 0.15) is 6.42 Å². The molecule has 0 bridgehead atoms. The van der Waals surface area contributed by atoms with Crippen LogP contribution in [0.3, 0.4) is 0 Å². The van der Waals surface area contributed by atoms with Gasteiger partial charge in [0.25, 0.3) is 0 Å². The molecule has 2 aromatic rings. The van der Waals surface area contributed by atoms with Gasteiger partial charge < -0.3 is 23.5 Å². The average Bonchev–Trinajstić information content (AvgIpc) is 2.84. The summed E-state index contributed by atoms with van der Waals surface area (Å²) in [5.41, 5.74) is 0.907. The van der Waals surface area contributed by atoms with Gasteiger partial charge >= 0.3 is 0 Å². The first-order chi connectivity index (χ1) is 16.5. The molecule has 3 rings (SSSR count). The normalized spacial score (nSPS) is 14.7. The predicted octanol–water partition coefficient (Wildman–Crippen LogP) is 5.26. The number of β-amino-alcohol motifs (C(OH)–C–C–N with tert-alkyl or cyclic N) is 1. The molecule has 1 unspecified atom stereocenters. The molecule has 1 saturated heterocycles. The highest BCUT2D eigenvalue weighted by molar-refractivity contribution is 7.96. The van der Waals surface area contributed by atoms with E-state index in [2.05, 4.69) is 4.90 Å². The molecule has 1 fully saturated rings. The van der Waals surface area contributed by atoms with E-state index in [-0.39, 0.29) is 20.1 Å². The summed E-state index contributed by atoms with van der Waals surface area (Å²) in [6.45, 7) is 4.33. The second kappa shape index (κ2) is 16.0. The molecule has 35 heavy (non-hydrogen) atoms. The van der Waals surface area contributed by atoms with E-state index < -0.39 is 6.10 Å². The van der Waals surface area contributed by atoms with E-state index >= 15 is 0 Å². The Morgan fingerprint density at radius 2 is 1.74 bits per heavy atom. The van der Waals surface area contributed by atoms with E-state index in [1.165, 1.54) is 0 Å². The molecule has 1 aliphatic heterocycles. The van der Waals surface area contributed by atoms with Crippen molar-refractivity contribution < 1.29 is 23.5 Å². The zero-order chi connectivity index (χ0) is 24.3. The van der Waals surface area contributed by atoms with Crippen molar-refractivity contribution in [1.29, 1.82) is 0 Å². The molecule has 2 aromatic carbocycles. The molecular formula is C23H31Cl3N2O5S2. The van der Waals surface area contributed by atoms with E-state index in [0.717, 1.165) is 31.0 Å². The van der Waals surface area contributed by atoms with Gasteiger partial charge in [0.1, 0.15) is 24.2 Å². The number of hydrogen-bond donors (Lipinski definition) is 1. The molecule has 1 N–H and O–H groups in total. The molecule has 0 amide bonds. The zero-order valence-electron chi connectivity index (χ0n) is 19.4. The van der Waals surface area contributed by atoms with E-state index in [1.54, 1.807) is 12.1 Å². The first-order valence-electron chi connectivity index (χ1n) is 10.9. The molecule has 7 nitrogen and oxygen atoms in total. The Bertz CT molecular complexity index is 869. The lowest BCUT2D eigenvalue weighted by Crippen LogP contribution is -2.42. The van der Waals surface area contributed by atoms with Crippen LogP contribution in [0.4, 0.5) is 5.69 Å². The number of alkyl halides is 1. The first-order valence-corrected chi connectivity index (χ1v) is 12.9. The highest BCUT2D eigenvalue weighted by atomic mass is 35.5. The Labute approximate surface area is 233 Å². The van der Waals surface area contributed by atoms with Crippen molar-refractivity contribution in [3.05, 3.63) is 46.4 Å². The van der Waals surface area contributed by atoms with Crippen molar-refractivity contribution in [3.8, 4) is 17.2 Å². The van der Waals surface area contributed by atoms with E-state index in [1.807, 2.05) is 35.6 Å². The molecule has 1 heterocycles. The maximum absolute atomic E-state index is 10.2. The molecule has 1 aliphatic rings. The number of aliphatic hydroxyl groups excluding tert-OH is 1. The van der Waals surface area contributed by atoms with Crippen molar-refractivity contribution in [1.82, 2.24) is 4.90 Å². The monoisotopic (exact) mass is 584 g/mol. The highest BCUT2D eigenvalue weighted by Gasteiger charge is 2.16. The lowest BCUT2D eigenvalue weighted by atomic mass is 10.3. The van der Waals surface area contributed by atoms with Gasteiger partial charge in [-0.05, 0) is 30.7 Å². The average molecular weight is 586 g/mol. The van der Waals surface area contributed by atoms with Crippen molar-refractivity contribution in [2.75, 3.05) is 63.3 Å². The number of aliphatic hydroxyl groups is 1. The molecule has 0 aromatic heterocycles. The summed E-state index contributed by atoms with van der Waals surface area (Å²) in [4.78, 5) is 2.18. The maximum Gasteiger partial charge on any atom is 0.179 e. The second-order valence-corrected chi connectivity index (χ2v) is 9.69. The third-order valence-corrected chi connectivity index (χ3v) is 6.49. The number of nitrogens with zero attached hydrogens (tertiary/aromatic N) is 2. The molecule has 196 valence electrons. The van der Waals surface area contributed by atoms with Crippen molar-refractivity contribution in [3.63, 3.8) is 0 Å². The lowest BCUT2D eigenvalue weighted by molar-refractivity contribution is 0.00466. The van der Waals surface area contributed by atoms with E-state index in [9.17, 15) is 5.11 Å². The van der Waals surface area contributed by atoms with Gasteiger partial charge in [0.2, 0.25) is 0 Å². The lowest BCUT2D eigenvalue weighted by Gasteiger charge is -2.28. The Balaban J connectivity index is 0.00000432. The number of rotatable bonds is 13. The number of halogens is 3. The van der Waals surface area contributed by atoms with E-state index in [0.29, 0.717) is 66.0 Å². The molecule has 0 aliphatic carbocycles. The summed E-state index contributed by atoms with van der Waals surface area (Å²) in [5.74, 6) is 2.12. The summed E-state index contributed by atoms with van der Waals surface area (Å²) in [6.07, 6.45) is 0.145. The smallest absolute Gasteiger partial charge is 0.179 e. The van der Waals surface area contributed by atoms with Crippen LogP contribution >= 0.6 is 60.5 Å². The summed E-state index contributed by atoms with van der Waals surface area (Å²) in [7, 11) is 1.87. The predicted molar refractivity (Wildman–Crippen MR) is 149 cm³/mol. The van der Waals surface area contributed by atoms with Gasteiger partial charge in [0.05, 0.1) is 29.9 Å². The van der Waals surface area contributed by atoms with Crippen LogP contribution in [-0.4, -0.2) is 75.1 Å². The minimum absolute atomic E-state index is 0. The van der Waals surface area contributed by atoms with Gasteiger partial charge in [-0.25, -0.2) is 0 Å². The van der Waals surface area contributed by atoms with Crippen LogP contribution in [0.15, 0.2) is 36.4 Å². The van der Waals surface area contributed by atoms with Crippen LogP contribution in [0.25, 0.3) is 0 Å². The minimum Gasteiger partial charge on any atom is -0.491 e. The number of hydrogen-bond acceptors (Lipinski definition) is 8. The van der Waals surface area contributed by atoms with Crippen molar-refractivity contribution in [2.24, 2.45) is 0 Å². The van der Waals surface area contributed by atoms with Gasteiger partial charge in [-0.3, -0.25) is 9.21 Å². The quantitative estimate of drug-likeness (QED) is 0.148. The maximum atomic E-state index is 10.2. The zero-order valence-corrected chi connectivity index (χ0v) is 23.5. The number of benzene rings is 2. The fourth-order valence-electron chi connectivity index (χ4n) is 3.17. The fourth-order valence-corrected chi connectivity index (χ4v) is 4.36. The molecule has 0 saturated carbocycles. The Hall–Kier alpha value is -0.910. The van der Waals surface area contributed by atoms with Crippen molar-refractivity contribution >= 4 is 66.2 Å². The van der Waals surface area contributed by atoms with Crippen LogP contribution in [-0.2, 0) is 4.74 Å². The molecule has 0 radical (unpaired) electrons. The number of ether oxygens (including phenoxy) is 3. The second-order valence-electron chi connectivity index (χ2n) is 7.63. The standard InChI is InChI=1S/C23H29Cl3N2O5S.H2S/c1-27(34-33-20-13-21(25)23(22(26)14-20)31-10-2-7-24)17-3-5-19(6-4-17)32-16-18(29)15-28-8-11-30-12-9-28;/h3-6,13-14,18,29H,2,7-12,15-16H2,1H3;1H2. The number of morpholine rings is 1. The van der Waals surface area contributed by atoms with Gasteiger partial charge in [-0.2, -0.15) is 13.5 Å². The molecule has 1 atom stereocenters. The van der Waals surface area contributed by atoms with Gasteiger partial charge in [-0.15, -0.1) is 11.6 Å². The molecule has 12 heteroatoms. The van der Waals surface area contributed by atoms with Gasteiger partial charge in [0.15, 0.2) is 18.0 Å². The largest absolute Gasteiger partial charge is 0.491 e. The SMILES string of the molecule is CN(SOc1cc(Cl)c(OCCCCl)c(Cl)c1)c1ccc(OCC(O)CN2CCOCC2)cc1.S. The van der Waals surface area contributed by atoms with Gasteiger partial charge in [0, 0.05) is 50.4 Å². The van der Waals surface area contributed by atoms with Crippen LogP contribution in [0, 0.1) is 0 Å². The Kier molecular flexibility index (Phi) is 13.9. The van der Waals surface area contributed by atoms with E-state index in [4.69, 9.17) is 53.2 Å². The summed E-state index contributed by atoms with van der Waals surface area (Å²) in [6, 6.07) is 10.8. The summed E-state index contributed by atoms with van der Waals surface area (Å²) < 4.78 is 24.3. The molecule has 0 spiro atoms. The summed E-state index contributed by atoms with van der Waals surface area (Å²) in [5, 5.41) is 11.0. The highest BCUT2D eigenvalue weighted by Crippen LogP contribution is 2.38. The van der Waals surface area contributed by atoms with Crippen LogP contribution < -0.4 is 18.0 Å². The molecular weight excluding hydrogens is 555 g/mol. The van der Waals surface area contributed by atoms with Crippen molar-refractivity contribution in [2.45, 2.75) is 12.5 Å². The topological polar surface area (TPSA) is 63.6 Å². The fraction of sp³-hybridized carbons (Fsp3) is 0.478.